The molecule has 17 heteroatoms. The Morgan fingerprint density at radius 3 is 2.09 bits per heavy atom. The lowest BCUT2D eigenvalue weighted by atomic mass is 9.95. The molecule has 0 radical (unpaired) electrons. The van der Waals surface area contributed by atoms with Crippen LogP contribution in [0.25, 0.3) is 5.57 Å². The van der Waals surface area contributed by atoms with Crippen LogP contribution >= 0.6 is 23.4 Å². The number of rotatable bonds is 18. The Kier molecular flexibility index (Phi) is 17.2. The van der Waals surface area contributed by atoms with E-state index in [1.165, 1.54) is 59.9 Å². The van der Waals surface area contributed by atoms with Gasteiger partial charge in [-0.15, -0.1) is 11.8 Å². The van der Waals surface area contributed by atoms with Crippen molar-refractivity contribution in [3.63, 3.8) is 0 Å². The van der Waals surface area contributed by atoms with Crippen molar-refractivity contribution in [3.8, 4) is 0 Å². The highest BCUT2D eigenvalue weighted by atomic mass is 35.5. The van der Waals surface area contributed by atoms with E-state index in [4.69, 9.17) is 11.6 Å². The van der Waals surface area contributed by atoms with Crippen molar-refractivity contribution in [2.75, 3.05) is 55.2 Å². The topological polar surface area (TPSA) is 119 Å². The van der Waals surface area contributed by atoms with Gasteiger partial charge in [-0.25, -0.2) is 21.6 Å². The van der Waals surface area contributed by atoms with Gasteiger partial charge in [0.25, 0.3) is 25.8 Å². The van der Waals surface area contributed by atoms with Crippen molar-refractivity contribution < 1.29 is 34.8 Å². The second-order valence-electron chi connectivity index (χ2n) is 17.2. The molecule has 1 aliphatic carbocycles. The largest absolute Gasteiger partial charge is 0.501 e. The molecule has 0 saturated carbocycles. The van der Waals surface area contributed by atoms with Crippen LogP contribution < -0.4 is 14.9 Å². The first-order valence-electron chi connectivity index (χ1n) is 22.1. The first-order chi connectivity index (χ1) is 30.8. The number of allylic oxidation sites excluding steroid dienone is 1. The lowest BCUT2D eigenvalue weighted by Crippen LogP contribution is -2.47. The molecule has 0 unspecified atom stereocenters. The zero-order valence-corrected chi connectivity index (χ0v) is 40.5. The molecule has 0 bridgehead atoms. The number of sulfonamides is 1. The third kappa shape index (κ3) is 13.3. The summed E-state index contributed by atoms with van der Waals surface area (Å²) in [5.41, 5.74) is -1.15. The molecule has 0 aromatic heterocycles. The number of hydrogen-bond acceptors (Lipinski definition) is 10. The molecule has 1 amide bonds. The smallest absolute Gasteiger partial charge is 0.380 e. The third-order valence-electron chi connectivity index (χ3n) is 12.0. The molecule has 0 spiro atoms. The Labute approximate surface area is 392 Å². The molecule has 352 valence electrons. The second kappa shape index (κ2) is 22.2. The Hall–Kier alpha value is -4.06. The monoisotopic (exact) mass is 973 g/mol. The number of piperazine rings is 1. The summed E-state index contributed by atoms with van der Waals surface area (Å²) in [6.45, 7) is 12.8. The molecule has 1 aliphatic heterocycles. The zero-order valence-electron chi connectivity index (χ0n) is 37.3. The first-order valence-corrected chi connectivity index (χ1v) is 26.4. The van der Waals surface area contributed by atoms with E-state index in [0.717, 1.165) is 73.3 Å². The fourth-order valence-corrected chi connectivity index (χ4v) is 11.6. The Balaban J connectivity index is 1.14. The van der Waals surface area contributed by atoms with Crippen molar-refractivity contribution in [1.82, 2.24) is 14.5 Å². The number of sulfone groups is 1. The lowest BCUT2D eigenvalue weighted by molar-refractivity contribution is -0.0435. The van der Waals surface area contributed by atoms with Crippen LogP contribution in [0.1, 0.15) is 82.1 Å². The van der Waals surface area contributed by atoms with Crippen LogP contribution in [0, 0.1) is 0 Å². The number of alkyl halides is 3. The Morgan fingerprint density at radius 1 is 0.815 bits per heavy atom. The van der Waals surface area contributed by atoms with Crippen molar-refractivity contribution in [2.24, 2.45) is 0 Å². The number of carbonyl (C=O) groups is 1. The van der Waals surface area contributed by atoms with Gasteiger partial charge in [0.15, 0.2) is 0 Å². The molecule has 65 heavy (non-hydrogen) atoms. The van der Waals surface area contributed by atoms with Crippen LogP contribution in [0.2, 0.25) is 5.02 Å². The number of anilines is 2. The summed E-state index contributed by atoms with van der Waals surface area (Å²) in [7, 11) is -10.9. The fourth-order valence-electron chi connectivity index (χ4n) is 8.50. The molecule has 10 nitrogen and oxygen atoms in total. The minimum atomic E-state index is -6.06. The first kappa shape index (κ1) is 50.4. The average Bonchev–Trinajstić information content (AvgIpc) is 3.51. The van der Waals surface area contributed by atoms with Gasteiger partial charge < -0.3 is 10.2 Å². The maximum absolute atomic E-state index is 14.2. The van der Waals surface area contributed by atoms with Gasteiger partial charge in [-0.3, -0.25) is 14.6 Å². The van der Waals surface area contributed by atoms with Crippen molar-refractivity contribution >= 4 is 66.1 Å². The van der Waals surface area contributed by atoms with E-state index >= 15 is 0 Å². The molecular weight excluding hydrogens is 915 g/mol. The van der Waals surface area contributed by atoms with Gasteiger partial charge in [-0.05, 0) is 138 Å². The van der Waals surface area contributed by atoms with E-state index in [9.17, 15) is 34.8 Å². The Bertz CT molecular complexity index is 2470. The third-order valence-corrected chi connectivity index (χ3v) is 16.3. The summed E-state index contributed by atoms with van der Waals surface area (Å²) in [5, 5.41) is 3.74. The van der Waals surface area contributed by atoms with Crippen molar-refractivity contribution in [2.45, 2.75) is 105 Å². The molecular formula is C48H59ClF3N5O5S3. The Morgan fingerprint density at radius 2 is 1.46 bits per heavy atom. The number of hydrogen-bond donors (Lipinski definition) is 2. The van der Waals surface area contributed by atoms with E-state index in [-0.39, 0.29) is 17.6 Å². The van der Waals surface area contributed by atoms with Crippen molar-refractivity contribution in [3.05, 3.63) is 119 Å². The van der Waals surface area contributed by atoms with Gasteiger partial charge in [0.2, 0.25) is 0 Å². The molecule has 2 N–H and O–H groups in total. The summed E-state index contributed by atoms with van der Waals surface area (Å²) in [4.78, 5) is 19.1. The highest BCUT2D eigenvalue weighted by Crippen LogP contribution is 2.37. The predicted octanol–water partition coefficient (Wildman–Crippen LogP) is 10.4. The van der Waals surface area contributed by atoms with Crippen LogP contribution in [0.5, 0.6) is 0 Å². The minimum Gasteiger partial charge on any atom is -0.380 e. The fraction of sp³-hybridized carbons (Fsp3) is 0.438. The maximum atomic E-state index is 14.2. The number of carbonyl (C=O) groups excluding carboxylic acids is 1. The van der Waals surface area contributed by atoms with Gasteiger partial charge in [-0.2, -0.15) is 13.2 Å². The molecule has 4 aromatic carbocycles. The minimum absolute atomic E-state index is 0.00279. The number of nitrogens with one attached hydrogen (secondary N) is 2. The normalized spacial score (nSPS) is 16.3. The number of thioether (sulfide) groups is 1. The van der Waals surface area contributed by atoms with E-state index in [0.29, 0.717) is 24.8 Å². The average molecular weight is 975 g/mol. The van der Waals surface area contributed by atoms with Crippen LogP contribution in [-0.4, -0.2) is 101 Å². The van der Waals surface area contributed by atoms with Gasteiger partial charge in [0.05, 0.1) is 10.6 Å². The molecule has 1 fully saturated rings. The van der Waals surface area contributed by atoms with E-state index < -0.39 is 52.8 Å². The number of benzene rings is 4. The summed E-state index contributed by atoms with van der Waals surface area (Å²) in [6.07, 6.45) is 6.11. The van der Waals surface area contributed by atoms with Gasteiger partial charge >= 0.3 is 5.51 Å². The highest BCUT2D eigenvalue weighted by molar-refractivity contribution is 7.99. The standard InChI is InChI=1S/C48H59ClF3N5O5S3/c1-34(2)57(35(3)4)26-25-40(33-63-42-12-8-6-9-13-42)53-45-24-23-43(31-46(45)64(59,60)48(50,51)52)65(61,62)54-47(58)37-17-21-41(22-18-37)56-29-27-55(28-30-56)32-38-11-7-5-10-14-44(38)36-15-19-39(49)20-16-36/h6,8-9,12-13,15-24,31,34-35,40,53H,5,7,10-11,14,25-30,32-33H2,1-4H3,(H,54,58)/t40-/m1/s1. The quantitative estimate of drug-likeness (QED) is 0.0933. The second-order valence-corrected chi connectivity index (χ2v) is 22.3. The van der Waals surface area contributed by atoms with E-state index in [2.05, 4.69) is 32.1 Å². The summed E-state index contributed by atoms with van der Waals surface area (Å²) in [6, 6.07) is 26.2. The number of nitrogens with zero attached hydrogens (tertiary/aromatic N) is 3. The maximum Gasteiger partial charge on any atom is 0.501 e. The van der Waals surface area contributed by atoms with E-state index in [1.807, 2.05) is 74.9 Å². The van der Waals surface area contributed by atoms with Gasteiger partial charge in [-0.1, -0.05) is 53.9 Å². The lowest BCUT2D eigenvalue weighted by Gasteiger charge is -2.37. The molecule has 1 saturated heterocycles. The van der Waals surface area contributed by atoms with Crippen LogP contribution in [0.3, 0.4) is 0 Å². The summed E-state index contributed by atoms with van der Waals surface area (Å²) in [5.74, 6) is -0.648. The summed E-state index contributed by atoms with van der Waals surface area (Å²) < 4.78 is 98.0. The molecule has 1 atom stereocenters. The predicted molar refractivity (Wildman–Crippen MR) is 257 cm³/mol. The number of amides is 1. The molecule has 4 aromatic rings. The number of halogens is 4. The van der Waals surface area contributed by atoms with Crippen molar-refractivity contribution in [1.29, 1.82) is 0 Å². The molecule has 6 rings (SSSR count). The zero-order chi connectivity index (χ0) is 46.9. The van der Waals surface area contributed by atoms with Crippen LogP contribution in [0.4, 0.5) is 24.5 Å². The van der Waals surface area contributed by atoms with Crippen LogP contribution in [-0.2, 0) is 19.9 Å². The molecule has 2 aliphatic rings. The van der Waals surface area contributed by atoms with Gasteiger partial charge in [0, 0.05) is 84.3 Å². The van der Waals surface area contributed by atoms with Crippen LogP contribution in [0.15, 0.2) is 117 Å². The van der Waals surface area contributed by atoms with Gasteiger partial charge in [0.1, 0.15) is 4.90 Å². The van der Waals surface area contributed by atoms with E-state index in [1.54, 1.807) is 12.1 Å². The summed E-state index contributed by atoms with van der Waals surface area (Å²) >= 11 is 7.63. The highest BCUT2D eigenvalue weighted by Gasteiger charge is 2.48. The SMILES string of the molecule is CC(C)N(CC[C@H](CSc1ccccc1)Nc1ccc(S(=O)(=O)NC(=O)c2ccc(N3CCN(CC4=C(c5ccc(Cl)cc5)CCCCC4)CC3)cc2)cc1S(=O)(=O)C(F)(F)F)C(C)C. The molecule has 1 heterocycles.